The van der Waals surface area contributed by atoms with E-state index in [1.807, 2.05) is 6.92 Å². The smallest absolute Gasteiger partial charge is 0.206 e. The van der Waals surface area contributed by atoms with Crippen LogP contribution >= 0.6 is 0 Å². The van der Waals surface area contributed by atoms with Crippen molar-refractivity contribution >= 4 is 5.96 Å². The summed E-state index contributed by atoms with van der Waals surface area (Å²) in [5, 5.41) is 3.18. The molecule has 0 heterocycles. The molecular weight excluding hydrogens is 230 g/mol. The molecule has 106 valence electrons. The second-order valence-corrected chi connectivity index (χ2v) is 5.08. The van der Waals surface area contributed by atoms with Crippen LogP contribution in [0.25, 0.3) is 0 Å². The summed E-state index contributed by atoms with van der Waals surface area (Å²) < 4.78 is 5.06. The molecule has 2 atom stereocenters. The zero-order valence-electron chi connectivity index (χ0n) is 11.9. The van der Waals surface area contributed by atoms with Crippen molar-refractivity contribution in [3.05, 3.63) is 0 Å². The number of hydrazine groups is 1. The molecule has 6 nitrogen and oxygen atoms in total. The van der Waals surface area contributed by atoms with Crippen LogP contribution in [-0.4, -0.2) is 56.3 Å². The lowest BCUT2D eigenvalue weighted by Gasteiger charge is -2.23. The zero-order valence-corrected chi connectivity index (χ0v) is 11.9. The van der Waals surface area contributed by atoms with E-state index in [-0.39, 0.29) is 6.04 Å². The van der Waals surface area contributed by atoms with Gasteiger partial charge in [-0.25, -0.2) is 5.84 Å². The maximum atomic E-state index is 5.45. The highest BCUT2D eigenvalue weighted by atomic mass is 16.5. The number of aliphatic imine (C=N–C) groups is 1. The fourth-order valence-corrected chi connectivity index (χ4v) is 1.85. The van der Waals surface area contributed by atoms with E-state index in [1.165, 1.54) is 12.8 Å². The standard InChI is InChI=1S/C12H27N5O/c1-9(8-18-4)15-12(16-13)14-7-10(2)17(3)11-5-6-11/h9-11H,5-8,13H2,1-4H3,(H2,14,15,16). The van der Waals surface area contributed by atoms with Crippen LogP contribution in [0.3, 0.4) is 0 Å². The van der Waals surface area contributed by atoms with Gasteiger partial charge in [0.05, 0.1) is 13.2 Å². The van der Waals surface area contributed by atoms with Crippen LogP contribution < -0.4 is 16.6 Å². The Balaban J connectivity index is 2.35. The quantitative estimate of drug-likeness (QED) is 0.257. The molecule has 1 fully saturated rings. The number of hydrogen-bond donors (Lipinski definition) is 3. The minimum absolute atomic E-state index is 0.182. The van der Waals surface area contributed by atoms with Gasteiger partial charge in [-0.1, -0.05) is 0 Å². The molecule has 6 heteroatoms. The molecule has 4 N–H and O–H groups in total. The summed E-state index contributed by atoms with van der Waals surface area (Å²) in [5.74, 6) is 6.07. The van der Waals surface area contributed by atoms with Gasteiger partial charge in [-0.2, -0.15) is 0 Å². The van der Waals surface area contributed by atoms with Crippen molar-refractivity contribution in [2.75, 3.05) is 27.3 Å². The van der Waals surface area contributed by atoms with Crippen molar-refractivity contribution in [2.45, 2.75) is 44.8 Å². The highest BCUT2D eigenvalue weighted by Crippen LogP contribution is 2.26. The molecule has 0 aromatic heterocycles. The Kier molecular flexibility index (Phi) is 6.38. The average molecular weight is 257 g/mol. The first-order chi connectivity index (χ1) is 8.58. The molecule has 0 bridgehead atoms. The maximum Gasteiger partial charge on any atom is 0.206 e. The molecular formula is C12H27N5O. The molecule has 0 radical (unpaired) electrons. The molecule has 0 aromatic rings. The summed E-state index contributed by atoms with van der Waals surface area (Å²) in [7, 11) is 3.84. The number of methoxy groups -OCH3 is 1. The Labute approximate surface area is 110 Å². The molecule has 0 aliphatic heterocycles. The molecule has 0 spiro atoms. The number of ether oxygens (including phenoxy) is 1. The van der Waals surface area contributed by atoms with E-state index >= 15 is 0 Å². The number of nitrogens with two attached hydrogens (primary N) is 1. The van der Waals surface area contributed by atoms with Gasteiger partial charge in [0.2, 0.25) is 5.96 Å². The summed E-state index contributed by atoms with van der Waals surface area (Å²) >= 11 is 0. The number of nitrogens with one attached hydrogen (secondary N) is 2. The Morgan fingerprint density at radius 3 is 2.67 bits per heavy atom. The number of rotatable bonds is 7. The predicted octanol–water partition coefficient (Wildman–Crippen LogP) is -0.0871. The van der Waals surface area contributed by atoms with Gasteiger partial charge in [-0.3, -0.25) is 15.3 Å². The van der Waals surface area contributed by atoms with E-state index in [0.29, 0.717) is 18.6 Å². The summed E-state index contributed by atoms with van der Waals surface area (Å²) in [6.45, 7) is 5.57. The number of likely N-dealkylation sites (N-methyl/N-ethyl adjacent to an activating group) is 1. The zero-order chi connectivity index (χ0) is 13.5. The van der Waals surface area contributed by atoms with Gasteiger partial charge >= 0.3 is 0 Å². The topological polar surface area (TPSA) is 74.9 Å². The normalized spacial score (nSPS) is 19.8. The number of hydrogen-bond acceptors (Lipinski definition) is 4. The van der Waals surface area contributed by atoms with Gasteiger partial charge in [0.25, 0.3) is 0 Å². The summed E-state index contributed by atoms with van der Waals surface area (Å²) in [4.78, 5) is 6.85. The first-order valence-corrected chi connectivity index (χ1v) is 6.57. The lowest BCUT2D eigenvalue weighted by molar-refractivity contribution is 0.179. The SMILES string of the molecule is COCC(C)NC(=NCC(C)N(C)C1CC1)NN. The van der Waals surface area contributed by atoms with Crippen LogP contribution in [0.15, 0.2) is 4.99 Å². The molecule has 2 unspecified atom stereocenters. The van der Waals surface area contributed by atoms with Gasteiger partial charge in [0, 0.05) is 25.2 Å². The number of guanidine groups is 1. The van der Waals surface area contributed by atoms with E-state index in [0.717, 1.165) is 12.6 Å². The fourth-order valence-electron chi connectivity index (χ4n) is 1.85. The Morgan fingerprint density at radius 2 is 2.17 bits per heavy atom. The van der Waals surface area contributed by atoms with Gasteiger partial charge in [0.1, 0.15) is 0 Å². The van der Waals surface area contributed by atoms with E-state index in [1.54, 1.807) is 7.11 Å². The molecule has 1 aliphatic carbocycles. The summed E-state index contributed by atoms with van der Waals surface area (Å²) in [5.41, 5.74) is 2.60. The van der Waals surface area contributed by atoms with Crippen LogP contribution in [0.5, 0.6) is 0 Å². The van der Waals surface area contributed by atoms with Crippen LogP contribution in [0.1, 0.15) is 26.7 Å². The lowest BCUT2D eigenvalue weighted by Crippen LogP contribution is -2.47. The third kappa shape index (κ3) is 5.20. The Hall–Kier alpha value is -0.850. The second kappa shape index (κ2) is 7.56. The van der Waals surface area contributed by atoms with Crippen LogP contribution in [0.2, 0.25) is 0 Å². The first-order valence-electron chi connectivity index (χ1n) is 6.57. The lowest BCUT2D eigenvalue weighted by atomic mass is 10.3. The van der Waals surface area contributed by atoms with Crippen molar-refractivity contribution in [3.8, 4) is 0 Å². The van der Waals surface area contributed by atoms with Gasteiger partial charge in [-0.05, 0) is 33.7 Å². The average Bonchev–Trinajstić information content (AvgIpc) is 3.17. The maximum absolute atomic E-state index is 5.45. The predicted molar refractivity (Wildman–Crippen MR) is 74.3 cm³/mol. The van der Waals surface area contributed by atoms with E-state index in [9.17, 15) is 0 Å². The van der Waals surface area contributed by atoms with Crippen molar-refractivity contribution in [2.24, 2.45) is 10.8 Å². The van der Waals surface area contributed by atoms with E-state index in [2.05, 4.69) is 34.6 Å². The fraction of sp³-hybridized carbons (Fsp3) is 0.917. The Morgan fingerprint density at radius 1 is 1.50 bits per heavy atom. The third-order valence-electron chi connectivity index (χ3n) is 3.27. The van der Waals surface area contributed by atoms with Crippen LogP contribution in [0, 0.1) is 0 Å². The first kappa shape index (κ1) is 15.2. The van der Waals surface area contributed by atoms with E-state index in [4.69, 9.17) is 10.6 Å². The molecule has 0 amide bonds. The van der Waals surface area contributed by atoms with Gasteiger partial charge in [0.15, 0.2) is 0 Å². The second-order valence-electron chi connectivity index (χ2n) is 5.08. The molecule has 1 rings (SSSR count). The molecule has 0 aromatic carbocycles. The van der Waals surface area contributed by atoms with Crippen molar-refractivity contribution in [1.82, 2.24) is 15.6 Å². The molecule has 1 saturated carbocycles. The van der Waals surface area contributed by atoms with E-state index < -0.39 is 0 Å². The largest absolute Gasteiger partial charge is 0.383 e. The minimum Gasteiger partial charge on any atom is -0.383 e. The van der Waals surface area contributed by atoms with Gasteiger partial charge < -0.3 is 10.1 Å². The summed E-state index contributed by atoms with van der Waals surface area (Å²) in [6.07, 6.45) is 2.63. The summed E-state index contributed by atoms with van der Waals surface area (Å²) in [6, 6.07) is 1.37. The highest BCUT2D eigenvalue weighted by molar-refractivity contribution is 5.79. The number of nitrogens with zero attached hydrogens (tertiary/aromatic N) is 2. The highest BCUT2D eigenvalue weighted by Gasteiger charge is 2.28. The monoisotopic (exact) mass is 257 g/mol. The third-order valence-corrected chi connectivity index (χ3v) is 3.27. The molecule has 18 heavy (non-hydrogen) atoms. The Bertz CT molecular complexity index is 267. The van der Waals surface area contributed by atoms with Gasteiger partial charge in [-0.15, -0.1) is 0 Å². The minimum atomic E-state index is 0.182. The van der Waals surface area contributed by atoms with Crippen molar-refractivity contribution in [3.63, 3.8) is 0 Å². The van der Waals surface area contributed by atoms with Crippen molar-refractivity contribution in [1.29, 1.82) is 0 Å². The molecule has 1 aliphatic rings. The van der Waals surface area contributed by atoms with Crippen LogP contribution in [0.4, 0.5) is 0 Å². The van der Waals surface area contributed by atoms with Crippen LogP contribution in [-0.2, 0) is 4.74 Å². The molecule has 0 saturated heterocycles. The van der Waals surface area contributed by atoms with Crippen molar-refractivity contribution < 1.29 is 4.74 Å².